The number of nitrogens with one attached hydrogen (secondary N) is 1. The van der Waals surface area contributed by atoms with Gasteiger partial charge in [-0.05, 0) is 54.8 Å². The maximum Gasteiger partial charge on any atom is 0.251 e. The van der Waals surface area contributed by atoms with Crippen molar-refractivity contribution in [1.29, 1.82) is 0 Å². The van der Waals surface area contributed by atoms with Gasteiger partial charge >= 0.3 is 0 Å². The number of benzene rings is 2. The van der Waals surface area contributed by atoms with E-state index in [9.17, 15) is 4.79 Å². The molecule has 0 radical (unpaired) electrons. The summed E-state index contributed by atoms with van der Waals surface area (Å²) < 4.78 is 14.1. The zero-order valence-electron chi connectivity index (χ0n) is 15.6. The smallest absolute Gasteiger partial charge is 0.251 e. The molecule has 1 aromatic heterocycles. The highest BCUT2D eigenvalue weighted by Gasteiger charge is 2.44. The van der Waals surface area contributed by atoms with Crippen molar-refractivity contribution < 1.29 is 14.3 Å². The largest absolute Gasteiger partial charge is 0.448 e. The monoisotopic (exact) mass is 374 g/mol. The molecule has 0 unspecified atom stereocenters. The molecule has 2 aromatic carbocycles. The van der Waals surface area contributed by atoms with E-state index in [2.05, 4.69) is 5.32 Å². The van der Waals surface area contributed by atoms with Crippen LogP contribution in [0, 0.1) is 0 Å². The Kier molecular flexibility index (Phi) is 4.08. The van der Waals surface area contributed by atoms with E-state index in [-0.39, 0.29) is 5.91 Å². The minimum atomic E-state index is -0.480. The Morgan fingerprint density at radius 2 is 1.68 bits per heavy atom. The molecule has 0 bridgehead atoms. The van der Waals surface area contributed by atoms with Crippen molar-refractivity contribution >= 4 is 11.6 Å². The van der Waals surface area contributed by atoms with Gasteiger partial charge in [-0.3, -0.25) is 4.79 Å². The van der Waals surface area contributed by atoms with E-state index in [1.807, 2.05) is 71.6 Å². The van der Waals surface area contributed by atoms with Gasteiger partial charge in [0, 0.05) is 42.7 Å². The number of hydrogen-bond donors (Lipinski definition) is 1. The molecular formula is C23H22N2O3. The van der Waals surface area contributed by atoms with Gasteiger partial charge in [0.1, 0.15) is 0 Å². The van der Waals surface area contributed by atoms with Crippen molar-refractivity contribution in [2.24, 2.45) is 0 Å². The first-order chi connectivity index (χ1) is 13.7. The van der Waals surface area contributed by atoms with Crippen molar-refractivity contribution in [1.82, 2.24) is 4.57 Å². The van der Waals surface area contributed by atoms with E-state index in [1.165, 1.54) is 0 Å². The average Bonchev–Trinajstić information content (AvgIpc) is 3.43. The van der Waals surface area contributed by atoms with Crippen LogP contribution in [0.2, 0.25) is 0 Å². The highest BCUT2D eigenvalue weighted by molar-refractivity contribution is 5.92. The van der Waals surface area contributed by atoms with E-state index >= 15 is 0 Å². The summed E-state index contributed by atoms with van der Waals surface area (Å²) in [7, 11) is 0. The van der Waals surface area contributed by atoms with Crippen molar-refractivity contribution in [2.45, 2.75) is 37.9 Å². The Morgan fingerprint density at radius 1 is 0.964 bits per heavy atom. The Labute approximate surface area is 163 Å². The summed E-state index contributed by atoms with van der Waals surface area (Å²) in [5.74, 6) is 0.950. The number of hydrogen-bond acceptors (Lipinski definition) is 3. The van der Waals surface area contributed by atoms with Gasteiger partial charge in [-0.1, -0.05) is 12.1 Å². The van der Waals surface area contributed by atoms with Gasteiger partial charge in [0.15, 0.2) is 11.5 Å². The summed E-state index contributed by atoms with van der Waals surface area (Å²) in [4.78, 5) is 12.5. The molecule has 1 spiro atoms. The van der Waals surface area contributed by atoms with E-state index in [0.717, 1.165) is 54.1 Å². The lowest BCUT2D eigenvalue weighted by Gasteiger charge is -2.21. The van der Waals surface area contributed by atoms with Crippen LogP contribution in [0.1, 0.15) is 31.2 Å². The molecule has 0 saturated heterocycles. The van der Waals surface area contributed by atoms with Gasteiger partial charge in [-0.25, -0.2) is 0 Å². The fraction of sp³-hybridized carbons (Fsp3) is 0.261. The fourth-order valence-electron chi connectivity index (χ4n) is 3.97. The van der Waals surface area contributed by atoms with E-state index < -0.39 is 5.79 Å². The van der Waals surface area contributed by atoms with Crippen LogP contribution >= 0.6 is 0 Å². The molecule has 1 amide bonds. The maximum atomic E-state index is 12.5. The second-order valence-electron chi connectivity index (χ2n) is 7.47. The highest BCUT2D eigenvalue weighted by atomic mass is 16.7. The molecule has 3 aromatic rings. The van der Waals surface area contributed by atoms with Crippen LogP contribution in [0.15, 0.2) is 67.0 Å². The summed E-state index contributed by atoms with van der Waals surface area (Å²) in [5.41, 5.74) is 2.77. The number of anilines is 1. The topological polar surface area (TPSA) is 52.5 Å². The highest BCUT2D eigenvalue weighted by Crippen LogP contribution is 2.47. The summed E-state index contributed by atoms with van der Waals surface area (Å²) in [5, 5.41) is 2.96. The number of ether oxygens (including phenoxy) is 2. The minimum absolute atomic E-state index is 0.0526. The molecule has 5 nitrogen and oxygen atoms in total. The Hall–Kier alpha value is -3.21. The molecule has 28 heavy (non-hydrogen) atoms. The first-order valence-corrected chi connectivity index (χ1v) is 9.73. The summed E-state index contributed by atoms with van der Waals surface area (Å²) >= 11 is 0. The second-order valence-corrected chi connectivity index (χ2v) is 7.47. The zero-order chi connectivity index (χ0) is 19.0. The second kappa shape index (κ2) is 6.75. The van der Waals surface area contributed by atoms with Gasteiger partial charge in [0.25, 0.3) is 5.79 Å². The first kappa shape index (κ1) is 16.9. The molecule has 2 aliphatic rings. The van der Waals surface area contributed by atoms with Crippen molar-refractivity contribution in [3.05, 3.63) is 72.6 Å². The first-order valence-electron chi connectivity index (χ1n) is 9.73. The van der Waals surface area contributed by atoms with Crippen LogP contribution in [-0.2, 0) is 11.2 Å². The lowest BCUT2D eigenvalue weighted by molar-refractivity contribution is -0.115. The molecule has 1 saturated carbocycles. The van der Waals surface area contributed by atoms with Crippen LogP contribution in [0.4, 0.5) is 5.69 Å². The van der Waals surface area contributed by atoms with Gasteiger partial charge < -0.3 is 19.4 Å². The van der Waals surface area contributed by atoms with Crippen molar-refractivity contribution in [3.63, 3.8) is 0 Å². The summed E-state index contributed by atoms with van der Waals surface area (Å²) in [6, 6.07) is 17.6. The fourth-order valence-corrected chi connectivity index (χ4v) is 3.97. The normalized spacial score (nSPS) is 16.4. The third kappa shape index (κ3) is 3.24. The van der Waals surface area contributed by atoms with Crippen LogP contribution in [0.25, 0.3) is 5.69 Å². The predicted molar refractivity (Wildman–Crippen MR) is 107 cm³/mol. The molecule has 1 aliphatic carbocycles. The molecule has 1 aliphatic heterocycles. The number of nitrogens with zero attached hydrogens (tertiary/aromatic N) is 1. The molecular weight excluding hydrogens is 352 g/mol. The van der Waals surface area contributed by atoms with Crippen molar-refractivity contribution in [2.75, 3.05) is 5.32 Å². The van der Waals surface area contributed by atoms with Crippen LogP contribution < -0.4 is 14.8 Å². The molecule has 1 N–H and O–H groups in total. The Balaban J connectivity index is 1.23. The SMILES string of the molecule is O=C(Cc1ccc(-n2cccc2)cc1)Nc1ccc2c(c1)OC1(CCCC1)O2. The van der Waals surface area contributed by atoms with Crippen LogP contribution in [-0.4, -0.2) is 16.3 Å². The summed E-state index contributed by atoms with van der Waals surface area (Å²) in [6.45, 7) is 0. The van der Waals surface area contributed by atoms with Crippen molar-refractivity contribution in [3.8, 4) is 17.2 Å². The molecule has 0 atom stereocenters. The van der Waals surface area contributed by atoms with Gasteiger partial charge in [0.05, 0.1) is 6.42 Å². The number of rotatable bonds is 4. The molecule has 2 heterocycles. The maximum absolute atomic E-state index is 12.5. The number of carbonyl (C=O) groups is 1. The minimum Gasteiger partial charge on any atom is -0.448 e. The predicted octanol–water partition coefficient (Wildman–Crippen LogP) is 4.70. The lowest BCUT2D eigenvalue weighted by Crippen LogP contribution is -2.34. The van der Waals surface area contributed by atoms with Gasteiger partial charge in [-0.2, -0.15) is 0 Å². The number of fused-ring (bicyclic) bond motifs is 1. The van der Waals surface area contributed by atoms with Crippen LogP contribution in [0.3, 0.4) is 0 Å². The standard InChI is InChI=1S/C23H22N2O3/c26-22(15-17-5-8-19(9-6-17)25-13-3-4-14-25)24-18-7-10-20-21(16-18)28-23(27-20)11-1-2-12-23/h3-10,13-14,16H,1-2,11-12,15H2,(H,24,26). The number of carbonyl (C=O) groups excluding carboxylic acids is 1. The Bertz CT molecular complexity index is 987. The summed E-state index contributed by atoms with van der Waals surface area (Å²) in [6.07, 6.45) is 8.41. The molecule has 5 rings (SSSR count). The van der Waals surface area contributed by atoms with Crippen LogP contribution in [0.5, 0.6) is 11.5 Å². The average molecular weight is 374 g/mol. The lowest BCUT2D eigenvalue weighted by atomic mass is 10.1. The Morgan fingerprint density at radius 3 is 2.43 bits per heavy atom. The third-order valence-corrected chi connectivity index (χ3v) is 5.39. The third-order valence-electron chi connectivity index (χ3n) is 5.39. The van der Waals surface area contributed by atoms with E-state index in [1.54, 1.807) is 0 Å². The van der Waals surface area contributed by atoms with E-state index in [4.69, 9.17) is 9.47 Å². The van der Waals surface area contributed by atoms with E-state index in [0.29, 0.717) is 6.42 Å². The van der Waals surface area contributed by atoms with Gasteiger partial charge in [-0.15, -0.1) is 0 Å². The number of amides is 1. The molecule has 5 heteroatoms. The molecule has 1 fully saturated rings. The quantitative estimate of drug-likeness (QED) is 0.720. The zero-order valence-corrected chi connectivity index (χ0v) is 15.6. The molecule has 142 valence electrons. The number of aromatic nitrogens is 1. The van der Waals surface area contributed by atoms with Gasteiger partial charge in [0.2, 0.25) is 5.91 Å².